The van der Waals surface area contributed by atoms with E-state index in [4.69, 9.17) is 9.47 Å². The molecule has 5 nitrogen and oxygen atoms in total. The van der Waals surface area contributed by atoms with Crippen LogP contribution < -0.4 is 9.47 Å². The second kappa shape index (κ2) is 10.1. The molecule has 0 amide bonds. The zero-order valence-corrected chi connectivity index (χ0v) is 22.6. The van der Waals surface area contributed by atoms with Gasteiger partial charge in [-0.2, -0.15) is 0 Å². The lowest BCUT2D eigenvalue weighted by Crippen LogP contribution is -2.12. The summed E-state index contributed by atoms with van der Waals surface area (Å²) in [7, 11) is 3.29. The van der Waals surface area contributed by atoms with E-state index in [-0.39, 0.29) is 0 Å². The molecule has 0 fully saturated rings. The molecule has 0 bridgehead atoms. The van der Waals surface area contributed by atoms with Gasteiger partial charge in [-0.3, -0.25) is 0 Å². The Hall–Kier alpha value is -2.39. The summed E-state index contributed by atoms with van der Waals surface area (Å²) in [5.74, 6) is 2.16. The molecule has 1 N–H and O–H groups in total. The topological polar surface area (TPSA) is 64.5 Å². The van der Waals surface area contributed by atoms with E-state index in [0.29, 0.717) is 11.5 Å². The molecule has 4 rings (SSSR count). The quantitative estimate of drug-likeness (QED) is 0.201. The van der Waals surface area contributed by atoms with E-state index in [0.717, 1.165) is 42.5 Å². The Labute approximate surface area is 212 Å². The Morgan fingerprint density at radius 1 is 0.882 bits per heavy atom. The smallest absolute Gasteiger partial charge is 0.188 e. The third kappa shape index (κ3) is 5.46. The van der Waals surface area contributed by atoms with Crippen LogP contribution >= 0.6 is 34.4 Å². The van der Waals surface area contributed by atoms with Gasteiger partial charge in [-0.1, -0.05) is 11.8 Å². The Morgan fingerprint density at radius 3 is 2.21 bits per heavy atom. The maximum Gasteiger partial charge on any atom is 0.188 e. The van der Waals surface area contributed by atoms with Crippen LogP contribution in [0.25, 0.3) is 20.2 Å². The van der Waals surface area contributed by atoms with E-state index in [2.05, 4.69) is 28.2 Å². The van der Waals surface area contributed by atoms with Crippen molar-refractivity contribution in [3.63, 3.8) is 0 Å². The zero-order valence-electron chi connectivity index (χ0n) is 20.1. The molecule has 0 aliphatic heterocycles. The SMILES string of the molecule is COc1ccc(-c2cc(CSc3nc(C)cc(C)n3)c(-c3ccc(C(C)(C)O)s3)s2)cc1OC. The molecule has 4 aromatic rings. The molecule has 0 aliphatic rings. The number of benzene rings is 1. The molecule has 0 aliphatic carbocycles. The van der Waals surface area contributed by atoms with Crippen LogP contribution in [0.15, 0.2) is 47.6 Å². The largest absolute Gasteiger partial charge is 0.493 e. The third-order valence-corrected chi connectivity index (χ3v) is 8.93. The predicted molar refractivity (Wildman–Crippen MR) is 142 cm³/mol. The maximum absolute atomic E-state index is 10.5. The Bertz CT molecular complexity index is 1280. The van der Waals surface area contributed by atoms with Crippen LogP contribution in [0.1, 0.15) is 35.7 Å². The standard InChI is InChI=1S/C26H28N2O3S3/c1-15-11-16(2)28-25(27-15)32-14-18-13-22(17-7-8-19(30-5)20(12-17)31-6)34-24(18)21-9-10-23(33-21)26(3,4)29/h7-13,29H,14H2,1-6H3. The van der Waals surface area contributed by atoms with Gasteiger partial charge in [-0.15, -0.1) is 22.7 Å². The number of ether oxygens (including phenoxy) is 2. The number of aliphatic hydroxyl groups is 1. The van der Waals surface area contributed by atoms with Crippen molar-refractivity contribution in [3.05, 3.63) is 64.3 Å². The van der Waals surface area contributed by atoms with Crippen molar-refractivity contribution in [1.29, 1.82) is 0 Å². The molecule has 0 spiro atoms. The fourth-order valence-electron chi connectivity index (χ4n) is 3.57. The lowest BCUT2D eigenvalue weighted by molar-refractivity contribution is 0.0825. The average Bonchev–Trinajstić information content (AvgIpc) is 3.44. The van der Waals surface area contributed by atoms with E-state index < -0.39 is 5.60 Å². The van der Waals surface area contributed by atoms with E-state index in [9.17, 15) is 5.11 Å². The van der Waals surface area contributed by atoms with Crippen molar-refractivity contribution < 1.29 is 14.6 Å². The minimum absolute atomic E-state index is 0.704. The molecule has 3 heterocycles. The van der Waals surface area contributed by atoms with Crippen LogP contribution in [0, 0.1) is 13.8 Å². The monoisotopic (exact) mass is 512 g/mol. The highest BCUT2D eigenvalue weighted by molar-refractivity contribution is 7.98. The summed E-state index contributed by atoms with van der Waals surface area (Å²) >= 11 is 5.01. The fraction of sp³-hybridized carbons (Fsp3) is 0.308. The van der Waals surface area contributed by atoms with Gasteiger partial charge < -0.3 is 14.6 Å². The second-order valence-corrected chi connectivity index (χ2v) is 11.6. The molecule has 0 saturated carbocycles. The van der Waals surface area contributed by atoms with Crippen LogP contribution in [-0.4, -0.2) is 29.3 Å². The van der Waals surface area contributed by atoms with Gasteiger partial charge >= 0.3 is 0 Å². The van der Waals surface area contributed by atoms with E-state index in [1.165, 1.54) is 10.4 Å². The lowest BCUT2D eigenvalue weighted by Gasteiger charge is -2.14. The molecule has 8 heteroatoms. The minimum Gasteiger partial charge on any atom is -0.493 e. The highest BCUT2D eigenvalue weighted by atomic mass is 32.2. The first-order chi connectivity index (χ1) is 16.2. The predicted octanol–water partition coefficient (Wildman–Crippen LogP) is 7.09. The highest BCUT2D eigenvalue weighted by Gasteiger charge is 2.21. The first-order valence-corrected chi connectivity index (χ1v) is 13.4. The maximum atomic E-state index is 10.5. The lowest BCUT2D eigenvalue weighted by atomic mass is 10.1. The molecule has 3 aromatic heterocycles. The number of aryl methyl sites for hydroxylation is 2. The van der Waals surface area contributed by atoms with Gasteiger partial charge in [-0.25, -0.2) is 9.97 Å². The fourth-order valence-corrected chi connectivity index (χ4v) is 6.92. The Morgan fingerprint density at radius 2 is 1.59 bits per heavy atom. The first-order valence-electron chi connectivity index (χ1n) is 10.8. The molecule has 0 radical (unpaired) electrons. The summed E-state index contributed by atoms with van der Waals surface area (Å²) in [5.41, 5.74) is 3.36. The molecule has 1 aromatic carbocycles. The van der Waals surface area contributed by atoms with Crippen LogP contribution in [0.2, 0.25) is 0 Å². The van der Waals surface area contributed by atoms with Crippen LogP contribution in [0.5, 0.6) is 11.5 Å². The summed E-state index contributed by atoms with van der Waals surface area (Å²) in [6, 6.07) is 14.3. The summed E-state index contributed by atoms with van der Waals surface area (Å²) in [6.07, 6.45) is 0. The third-order valence-electron chi connectivity index (χ3n) is 5.23. The molecule has 0 unspecified atom stereocenters. The zero-order chi connectivity index (χ0) is 24.5. The van der Waals surface area contributed by atoms with Crippen LogP contribution in [0.4, 0.5) is 0 Å². The normalized spacial score (nSPS) is 11.6. The van der Waals surface area contributed by atoms with Crippen molar-refractivity contribution >= 4 is 34.4 Å². The number of methoxy groups -OCH3 is 2. The van der Waals surface area contributed by atoms with Gasteiger partial charge in [0.05, 0.1) is 19.8 Å². The number of aromatic nitrogens is 2. The van der Waals surface area contributed by atoms with Gasteiger partial charge in [0.1, 0.15) is 0 Å². The van der Waals surface area contributed by atoms with E-state index in [1.807, 2.05) is 52.0 Å². The Kier molecular flexibility index (Phi) is 7.33. The van der Waals surface area contributed by atoms with Crippen molar-refractivity contribution in [1.82, 2.24) is 9.97 Å². The number of thiophene rings is 2. The minimum atomic E-state index is -0.867. The molecule has 34 heavy (non-hydrogen) atoms. The summed E-state index contributed by atoms with van der Waals surface area (Å²) in [5, 5.41) is 11.3. The number of hydrogen-bond acceptors (Lipinski definition) is 8. The van der Waals surface area contributed by atoms with Gasteiger partial charge in [-0.05, 0) is 81.3 Å². The highest BCUT2D eigenvalue weighted by Crippen LogP contribution is 2.45. The van der Waals surface area contributed by atoms with Gasteiger partial charge in [0.15, 0.2) is 16.7 Å². The number of nitrogens with zero attached hydrogens (tertiary/aromatic N) is 2. The van der Waals surface area contributed by atoms with Crippen LogP contribution in [-0.2, 0) is 11.4 Å². The van der Waals surface area contributed by atoms with Crippen molar-refractivity contribution in [2.75, 3.05) is 14.2 Å². The molecule has 0 saturated heterocycles. The van der Waals surface area contributed by atoms with Crippen molar-refractivity contribution in [2.45, 2.75) is 44.2 Å². The van der Waals surface area contributed by atoms with E-state index in [1.54, 1.807) is 48.7 Å². The van der Waals surface area contributed by atoms with Crippen LogP contribution in [0.3, 0.4) is 0 Å². The van der Waals surface area contributed by atoms with Gasteiger partial charge in [0.25, 0.3) is 0 Å². The van der Waals surface area contributed by atoms with Gasteiger partial charge in [0.2, 0.25) is 0 Å². The number of rotatable bonds is 8. The summed E-state index contributed by atoms with van der Waals surface area (Å²) in [6.45, 7) is 7.63. The molecular weight excluding hydrogens is 484 g/mol. The van der Waals surface area contributed by atoms with Crippen molar-refractivity contribution in [2.24, 2.45) is 0 Å². The summed E-state index contributed by atoms with van der Waals surface area (Å²) in [4.78, 5) is 13.6. The molecule has 178 valence electrons. The molecular formula is C26H28N2O3S3. The second-order valence-electron chi connectivity index (χ2n) is 8.48. The number of hydrogen-bond donors (Lipinski definition) is 1. The number of thioether (sulfide) groups is 1. The van der Waals surface area contributed by atoms with Crippen molar-refractivity contribution in [3.8, 4) is 31.7 Å². The molecule has 0 atom stereocenters. The van der Waals surface area contributed by atoms with E-state index >= 15 is 0 Å². The van der Waals surface area contributed by atoms with Gasteiger partial charge in [0, 0.05) is 36.6 Å². The average molecular weight is 513 g/mol. The summed E-state index contributed by atoms with van der Waals surface area (Å²) < 4.78 is 10.9. The first kappa shape index (κ1) is 24.7. The Balaban J connectivity index is 1.74.